The van der Waals surface area contributed by atoms with Crippen LogP contribution in [0.3, 0.4) is 0 Å². The molecular formula is C17H18N8O5S2. The number of nitrogens with two attached hydrogens (primary N) is 2. The number of hydrogen-bond donors (Lipinski definition) is 5. The molecule has 15 heteroatoms. The van der Waals surface area contributed by atoms with E-state index < -0.39 is 48.1 Å². The summed E-state index contributed by atoms with van der Waals surface area (Å²) in [6.45, 7) is -0.610. The molecule has 2 heterocycles. The van der Waals surface area contributed by atoms with Gasteiger partial charge in [0.25, 0.3) is 0 Å². The predicted octanol–water partition coefficient (Wildman–Crippen LogP) is -0.849. The fourth-order valence-electron chi connectivity index (χ4n) is 3.41. The fraction of sp³-hybridized carbons (Fsp3) is 0.176. The minimum atomic E-state index is -4.62. The van der Waals surface area contributed by atoms with Crippen LogP contribution < -0.4 is 10.9 Å². The first kappa shape index (κ1) is 22.0. The van der Waals surface area contributed by atoms with Gasteiger partial charge in [-0.15, -0.1) is 10.2 Å². The summed E-state index contributed by atoms with van der Waals surface area (Å²) < 4.78 is 51.4. The Labute approximate surface area is 181 Å². The van der Waals surface area contributed by atoms with Crippen LogP contribution in [0.2, 0.25) is 0 Å². The fourth-order valence-corrected chi connectivity index (χ4v) is 6.48. The molecular weight excluding hydrogens is 460 g/mol. The lowest BCUT2D eigenvalue weighted by molar-refractivity contribution is 0.274. The summed E-state index contributed by atoms with van der Waals surface area (Å²) in [6, 6.07) is 6.60. The summed E-state index contributed by atoms with van der Waals surface area (Å²) in [4.78, 5) is 5.94. The van der Waals surface area contributed by atoms with Gasteiger partial charge in [-0.05, 0) is 22.9 Å². The summed E-state index contributed by atoms with van der Waals surface area (Å²) in [5.74, 6) is -0.883. The first-order chi connectivity index (χ1) is 15.1. The van der Waals surface area contributed by atoms with Crippen molar-refractivity contribution in [3.8, 4) is 22.5 Å². The molecule has 0 radical (unpaired) electrons. The van der Waals surface area contributed by atoms with Crippen molar-refractivity contribution in [2.75, 3.05) is 12.4 Å². The van der Waals surface area contributed by atoms with E-state index in [1.807, 2.05) is 0 Å². The van der Waals surface area contributed by atoms with Gasteiger partial charge in [-0.1, -0.05) is 18.2 Å². The number of imidazole rings is 1. The molecule has 2 aromatic heterocycles. The number of rotatable bonds is 7. The third-order valence-corrected chi connectivity index (χ3v) is 7.72. The molecule has 4 rings (SSSR count). The number of aliphatic hydroxyl groups is 1. The van der Waals surface area contributed by atoms with Gasteiger partial charge in [0.2, 0.25) is 15.8 Å². The van der Waals surface area contributed by atoms with Crippen LogP contribution in [0.25, 0.3) is 33.5 Å². The number of sulfone groups is 1. The number of aromatic nitrogens is 6. The summed E-state index contributed by atoms with van der Waals surface area (Å²) >= 11 is 0. The summed E-state index contributed by atoms with van der Waals surface area (Å²) in [6.07, 6.45) is 1.47. The van der Waals surface area contributed by atoms with Gasteiger partial charge in [0.05, 0.1) is 40.2 Å². The van der Waals surface area contributed by atoms with Crippen molar-refractivity contribution in [3.05, 3.63) is 36.7 Å². The molecule has 168 valence electrons. The maximum Gasteiger partial charge on any atom is 0.240 e. The van der Waals surface area contributed by atoms with Crippen molar-refractivity contribution >= 4 is 30.9 Å². The maximum atomic E-state index is 13.0. The molecule has 4 aromatic rings. The number of sulfonamides is 1. The summed E-state index contributed by atoms with van der Waals surface area (Å²) in [7, 11) is -8.90. The SMILES string of the molecule is NC(CO)CS(=O)(=O)c1ccc(-c2cccc3[nH]cnc23)c(-c2nn[nH]n2)c1S(N)(=O)=O. The Kier molecular flexibility index (Phi) is 5.51. The average Bonchev–Trinajstić information content (AvgIpc) is 3.43. The normalized spacial score (nSPS) is 13.5. The number of para-hydroxylation sites is 1. The van der Waals surface area contributed by atoms with Crippen molar-refractivity contribution in [1.82, 2.24) is 30.6 Å². The van der Waals surface area contributed by atoms with E-state index >= 15 is 0 Å². The quantitative estimate of drug-likeness (QED) is 0.221. The van der Waals surface area contributed by atoms with Gasteiger partial charge >= 0.3 is 0 Å². The van der Waals surface area contributed by atoms with Crippen LogP contribution in [0.15, 0.2) is 46.5 Å². The Morgan fingerprint density at radius 1 is 1.09 bits per heavy atom. The summed E-state index contributed by atoms with van der Waals surface area (Å²) in [5, 5.41) is 28.1. The lowest BCUT2D eigenvalue weighted by Gasteiger charge is -2.17. The van der Waals surface area contributed by atoms with E-state index in [0.717, 1.165) is 6.07 Å². The molecule has 32 heavy (non-hydrogen) atoms. The number of benzene rings is 2. The molecule has 0 saturated heterocycles. The largest absolute Gasteiger partial charge is 0.395 e. The second kappa shape index (κ2) is 8.03. The molecule has 0 bridgehead atoms. The molecule has 7 N–H and O–H groups in total. The van der Waals surface area contributed by atoms with E-state index in [9.17, 15) is 21.9 Å². The first-order valence-electron chi connectivity index (χ1n) is 9.08. The van der Waals surface area contributed by atoms with Crippen LogP contribution in [0, 0.1) is 0 Å². The Morgan fingerprint density at radius 3 is 2.53 bits per heavy atom. The maximum absolute atomic E-state index is 13.0. The molecule has 1 atom stereocenters. The molecule has 13 nitrogen and oxygen atoms in total. The van der Waals surface area contributed by atoms with E-state index in [1.165, 1.54) is 12.4 Å². The number of nitrogens with one attached hydrogen (secondary N) is 2. The van der Waals surface area contributed by atoms with E-state index in [2.05, 4.69) is 30.6 Å². The van der Waals surface area contributed by atoms with Crippen LogP contribution >= 0.6 is 0 Å². The molecule has 0 saturated carbocycles. The minimum absolute atomic E-state index is 0.157. The van der Waals surface area contributed by atoms with Crippen LogP contribution in [0.5, 0.6) is 0 Å². The number of tetrazole rings is 1. The number of hydrogen-bond acceptors (Lipinski definition) is 10. The topological polar surface area (TPSA) is 224 Å². The number of H-pyrrole nitrogens is 2. The number of aromatic amines is 2. The first-order valence-corrected chi connectivity index (χ1v) is 12.3. The van der Waals surface area contributed by atoms with Gasteiger partial charge in [-0.25, -0.2) is 27.0 Å². The zero-order chi connectivity index (χ0) is 23.1. The Hall–Kier alpha value is -3.24. The van der Waals surface area contributed by atoms with Crippen LogP contribution in [-0.2, 0) is 19.9 Å². The third-order valence-electron chi connectivity index (χ3n) is 4.72. The third kappa shape index (κ3) is 3.87. The smallest absolute Gasteiger partial charge is 0.240 e. The van der Waals surface area contributed by atoms with Gasteiger partial charge in [0, 0.05) is 11.6 Å². The van der Waals surface area contributed by atoms with Crippen LogP contribution in [-0.4, -0.2) is 70.9 Å². The second-order valence-electron chi connectivity index (χ2n) is 6.92. The second-order valence-corrected chi connectivity index (χ2v) is 10.4. The lowest BCUT2D eigenvalue weighted by Crippen LogP contribution is -2.33. The van der Waals surface area contributed by atoms with Gasteiger partial charge in [-0.3, -0.25) is 0 Å². The highest BCUT2D eigenvalue weighted by atomic mass is 32.2. The zero-order valence-electron chi connectivity index (χ0n) is 16.3. The lowest BCUT2D eigenvalue weighted by atomic mass is 9.98. The highest BCUT2D eigenvalue weighted by Gasteiger charge is 2.33. The molecule has 2 aromatic carbocycles. The minimum Gasteiger partial charge on any atom is -0.395 e. The molecule has 1 unspecified atom stereocenters. The zero-order valence-corrected chi connectivity index (χ0v) is 17.9. The molecule has 0 spiro atoms. The Morgan fingerprint density at radius 2 is 1.88 bits per heavy atom. The number of aliphatic hydroxyl groups excluding tert-OH is 1. The molecule has 0 amide bonds. The van der Waals surface area contributed by atoms with Crippen molar-refractivity contribution in [2.45, 2.75) is 15.8 Å². The van der Waals surface area contributed by atoms with Crippen molar-refractivity contribution in [3.63, 3.8) is 0 Å². The molecule has 0 aliphatic carbocycles. The highest BCUT2D eigenvalue weighted by molar-refractivity contribution is 7.93. The van der Waals surface area contributed by atoms with Gasteiger partial charge in [-0.2, -0.15) is 5.21 Å². The predicted molar refractivity (Wildman–Crippen MR) is 113 cm³/mol. The van der Waals surface area contributed by atoms with E-state index in [0.29, 0.717) is 16.6 Å². The standard InChI is InChI=1S/C17H18N8O5S2/c18-9(6-26)7-31(27,28)13-5-4-10(11-2-1-3-12-15(11)21-8-20-12)14(16(13)32(19,29)30)17-22-24-25-23-17/h1-5,8-9,26H,6-7,18H2,(H,20,21)(H2,19,29,30)(H,22,23,24,25). The molecule has 0 aliphatic heterocycles. The highest BCUT2D eigenvalue weighted by Crippen LogP contribution is 2.40. The van der Waals surface area contributed by atoms with Crippen molar-refractivity contribution in [1.29, 1.82) is 0 Å². The van der Waals surface area contributed by atoms with E-state index in [4.69, 9.17) is 10.9 Å². The number of fused-ring (bicyclic) bond motifs is 1. The monoisotopic (exact) mass is 478 g/mol. The molecule has 0 aliphatic rings. The van der Waals surface area contributed by atoms with E-state index in [1.54, 1.807) is 18.2 Å². The van der Waals surface area contributed by atoms with Crippen molar-refractivity contribution in [2.24, 2.45) is 10.9 Å². The van der Waals surface area contributed by atoms with Gasteiger partial charge in [0.1, 0.15) is 4.90 Å². The average molecular weight is 479 g/mol. The van der Waals surface area contributed by atoms with Crippen LogP contribution in [0.4, 0.5) is 0 Å². The van der Waals surface area contributed by atoms with Crippen LogP contribution in [0.1, 0.15) is 0 Å². The Bertz CT molecular complexity index is 1500. The number of primary sulfonamides is 1. The Balaban J connectivity index is 2.12. The summed E-state index contributed by atoms with van der Waals surface area (Å²) in [5.41, 5.74) is 7.39. The molecule has 0 fully saturated rings. The number of nitrogens with zero attached hydrogens (tertiary/aromatic N) is 4. The van der Waals surface area contributed by atoms with Crippen molar-refractivity contribution < 1.29 is 21.9 Å². The van der Waals surface area contributed by atoms with Gasteiger partial charge in [0.15, 0.2) is 9.84 Å². The van der Waals surface area contributed by atoms with Gasteiger partial charge < -0.3 is 15.8 Å². The van der Waals surface area contributed by atoms with E-state index in [-0.39, 0.29) is 17.0 Å².